The lowest BCUT2D eigenvalue weighted by Crippen LogP contribution is -2.49. The highest BCUT2D eigenvalue weighted by Crippen LogP contribution is 2.29. The lowest BCUT2D eigenvalue weighted by atomic mass is 9.93. The van der Waals surface area contributed by atoms with Gasteiger partial charge in [-0.05, 0) is 41.1 Å². The molecule has 0 bridgehead atoms. The second-order valence-corrected chi connectivity index (χ2v) is 11.8. The minimum atomic E-state index is -3.04. The van der Waals surface area contributed by atoms with Gasteiger partial charge in [-0.15, -0.1) is 16.4 Å². The van der Waals surface area contributed by atoms with Gasteiger partial charge in [0.15, 0.2) is 9.84 Å². The van der Waals surface area contributed by atoms with Crippen LogP contribution in [0.1, 0.15) is 43.4 Å². The van der Waals surface area contributed by atoms with Gasteiger partial charge in [-0.2, -0.15) is 0 Å². The molecule has 1 atom stereocenters. The average molecular weight is 456 g/mol. The monoisotopic (exact) mass is 455 g/mol. The van der Waals surface area contributed by atoms with E-state index in [1.807, 2.05) is 22.4 Å². The number of amides is 1. The van der Waals surface area contributed by atoms with Crippen LogP contribution in [-0.2, 0) is 21.2 Å². The second kappa shape index (κ2) is 9.13. The van der Waals surface area contributed by atoms with E-state index >= 15 is 0 Å². The van der Waals surface area contributed by atoms with E-state index in [2.05, 4.69) is 15.5 Å². The lowest BCUT2D eigenvalue weighted by molar-refractivity contribution is -0.133. The summed E-state index contributed by atoms with van der Waals surface area (Å²) in [5, 5.41) is 14.5. The van der Waals surface area contributed by atoms with Crippen molar-refractivity contribution in [3.8, 4) is 0 Å². The molecule has 0 aromatic carbocycles. The molecule has 8 nitrogen and oxygen atoms in total. The fourth-order valence-electron chi connectivity index (χ4n) is 4.21. The first-order valence-corrected chi connectivity index (χ1v) is 13.6. The Hall–Kier alpha value is -1.46. The topological polar surface area (TPSA) is 98.1 Å². The number of carbonyl (C=O) groups is 1. The van der Waals surface area contributed by atoms with Crippen molar-refractivity contribution < 1.29 is 13.2 Å². The molecule has 158 valence electrons. The SMILES string of the molecule is O=C(CSc1nnnn1Cc1cccs1)N(C1CCCCC1)C1CCS(=O)(=O)C1. The van der Waals surface area contributed by atoms with Crippen molar-refractivity contribution in [2.24, 2.45) is 0 Å². The van der Waals surface area contributed by atoms with Crippen molar-refractivity contribution in [3.05, 3.63) is 22.4 Å². The molecule has 1 aliphatic heterocycles. The summed E-state index contributed by atoms with van der Waals surface area (Å²) in [7, 11) is -3.04. The number of hydrogen-bond donors (Lipinski definition) is 0. The summed E-state index contributed by atoms with van der Waals surface area (Å²) in [5.74, 6) is 0.489. The van der Waals surface area contributed by atoms with Gasteiger partial charge in [0.2, 0.25) is 11.1 Å². The molecule has 2 aromatic rings. The minimum Gasteiger partial charge on any atom is -0.335 e. The molecule has 1 saturated heterocycles. The zero-order valence-corrected chi connectivity index (χ0v) is 18.6. The summed E-state index contributed by atoms with van der Waals surface area (Å²) < 4.78 is 25.7. The molecule has 0 spiro atoms. The van der Waals surface area contributed by atoms with Crippen molar-refractivity contribution in [3.63, 3.8) is 0 Å². The van der Waals surface area contributed by atoms with Gasteiger partial charge in [-0.3, -0.25) is 4.79 Å². The van der Waals surface area contributed by atoms with Gasteiger partial charge in [0.05, 0.1) is 23.8 Å². The summed E-state index contributed by atoms with van der Waals surface area (Å²) in [6.45, 7) is 0.578. The maximum absolute atomic E-state index is 13.2. The first-order valence-electron chi connectivity index (χ1n) is 9.95. The molecule has 3 heterocycles. The van der Waals surface area contributed by atoms with Gasteiger partial charge in [-0.1, -0.05) is 37.1 Å². The third-order valence-electron chi connectivity index (χ3n) is 5.57. The van der Waals surface area contributed by atoms with Crippen LogP contribution in [-0.4, -0.2) is 68.8 Å². The smallest absolute Gasteiger partial charge is 0.233 e. The number of hydrogen-bond acceptors (Lipinski definition) is 8. The summed E-state index contributed by atoms with van der Waals surface area (Å²) in [6, 6.07) is 3.96. The molecule has 1 amide bonds. The summed E-state index contributed by atoms with van der Waals surface area (Å²) in [6.07, 6.45) is 5.85. The molecule has 1 saturated carbocycles. The number of carbonyl (C=O) groups excluding carboxylic acids is 1. The quantitative estimate of drug-likeness (QED) is 0.590. The van der Waals surface area contributed by atoms with E-state index in [0.717, 1.165) is 30.6 Å². The van der Waals surface area contributed by atoms with Crippen LogP contribution in [0.2, 0.25) is 0 Å². The van der Waals surface area contributed by atoms with Crippen molar-refractivity contribution in [2.45, 2.75) is 62.3 Å². The first-order chi connectivity index (χ1) is 14.0. The van der Waals surface area contributed by atoms with Crippen LogP contribution in [0.3, 0.4) is 0 Å². The van der Waals surface area contributed by atoms with Gasteiger partial charge in [-0.25, -0.2) is 13.1 Å². The summed E-state index contributed by atoms with van der Waals surface area (Å²) in [5.41, 5.74) is 0. The molecular weight excluding hydrogens is 430 g/mol. The number of sulfone groups is 1. The third-order valence-corrected chi connectivity index (χ3v) is 9.12. The van der Waals surface area contributed by atoms with Crippen molar-refractivity contribution in [2.75, 3.05) is 17.3 Å². The van der Waals surface area contributed by atoms with Gasteiger partial charge in [0, 0.05) is 17.0 Å². The number of thiophene rings is 1. The minimum absolute atomic E-state index is 0.00493. The van der Waals surface area contributed by atoms with Crippen LogP contribution in [0.5, 0.6) is 0 Å². The second-order valence-electron chi connectivity index (χ2n) is 7.64. The lowest BCUT2D eigenvalue weighted by Gasteiger charge is -2.38. The Morgan fingerprint density at radius 2 is 2.07 bits per heavy atom. The van der Waals surface area contributed by atoms with Crippen LogP contribution in [0.25, 0.3) is 0 Å². The fraction of sp³-hybridized carbons (Fsp3) is 0.667. The van der Waals surface area contributed by atoms with Gasteiger partial charge in [0.25, 0.3) is 0 Å². The Bertz CT molecular complexity index is 922. The Morgan fingerprint density at radius 3 is 2.76 bits per heavy atom. The van der Waals surface area contributed by atoms with E-state index in [9.17, 15) is 13.2 Å². The predicted molar refractivity (Wildman–Crippen MR) is 113 cm³/mol. The molecule has 4 rings (SSSR count). The zero-order chi connectivity index (χ0) is 20.3. The molecular formula is C18H25N5O3S3. The number of tetrazole rings is 1. The largest absolute Gasteiger partial charge is 0.335 e. The van der Waals surface area contributed by atoms with Crippen LogP contribution < -0.4 is 0 Å². The van der Waals surface area contributed by atoms with Crippen LogP contribution in [0, 0.1) is 0 Å². The van der Waals surface area contributed by atoms with Gasteiger partial charge >= 0.3 is 0 Å². The third kappa shape index (κ3) is 5.18. The van der Waals surface area contributed by atoms with Gasteiger partial charge < -0.3 is 4.90 Å². The van der Waals surface area contributed by atoms with E-state index < -0.39 is 9.84 Å². The molecule has 29 heavy (non-hydrogen) atoms. The van der Waals surface area contributed by atoms with E-state index in [-0.39, 0.29) is 35.2 Å². The Balaban J connectivity index is 1.44. The predicted octanol–water partition coefficient (Wildman–Crippen LogP) is 2.22. The molecule has 2 aromatic heterocycles. The van der Waals surface area contributed by atoms with E-state index in [4.69, 9.17) is 0 Å². The molecule has 0 N–H and O–H groups in total. The molecule has 0 radical (unpaired) electrons. The maximum Gasteiger partial charge on any atom is 0.233 e. The first kappa shape index (κ1) is 20.8. The van der Waals surface area contributed by atoms with E-state index in [1.54, 1.807) is 16.0 Å². The molecule has 1 aliphatic carbocycles. The highest BCUT2D eigenvalue weighted by Gasteiger charge is 2.38. The Labute approximate surface area is 179 Å². The van der Waals surface area contributed by atoms with Crippen molar-refractivity contribution in [1.82, 2.24) is 25.1 Å². The van der Waals surface area contributed by atoms with E-state index in [1.165, 1.54) is 18.2 Å². The molecule has 1 unspecified atom stereocenters. The standard InChI is InChI=1S/C18H25N5O3S3/c24-17(12-28-18-19-20-21-22(18)11-16-7-4-9-27-16)23(14-5-2-1-3-6-14)15-8-10-29(25,26)13-15/h4,7,9,14-15H,1-3,5-6,8,10-13H2. The van der Waals surface area contributed by atoms with Crippen LogP contribution in [0.15, 0.2) is 22.7 Å². The van der Waals surface area contributed by atoms with Crippen LogP contribution in [0.4, 0.5) is 0 Å². The molecule has 2 aliphatic rings. The van der Waals surface area contributed by atoms with Crippen molar-refractivity contribution >= 4 is 38.8 Å². The van der Waals surface area contributed by atoms with Gasteiger partial charge in [0.1, 0.15) is 0 Å². The fourth-order valence-corrected chi connectivity index (χ4v) is 7.35. The molecule has 2 fully saturated rings. The number of thioether (sulfide) groups is 1. The summed E-state index contributed by atoms with van der Waals surface area (Å²) in [4.78, 5) is 16.2. The molecule has 11 heteroatoms. The number of aromatic nitrogens is 4. The highest BCUT2D eigenvalue weighted by atomic mass is 32.2. The zero-order valence-electron chi connectivity index (χ0n) is 16.1. The maximum atomic E-state index is 13.2. The Morgan fingerprint density at radius 1 is 1.24 bits per heavy atom. The average Bonchev–Trinajstić information content (AvgIpc) is 3.44. The normalized spacial score (nSPS) is 22.0. The summed E-state index contributed by atoms with van der Waals surface area (Å²) >= 11 is 2.96. The number of nitrogens with zero attached hydrogens (tertiary/aromatic N) is 5. The number of rotatable bonds is 7. The van der Waals surface area contributed by atoms with Crippen LogP contribution >= 0.6 is 23.1 Å². The van der Waals surface area contributed by atoms with E-state index in [0.29, 0.717) is 18.1 Å². The van der Waals surface area contributed by atoms with Crippen molar-refractivity contribution in [1.29, 1.82) is 0 Å². The highest BCUT2D eigenvalue weighted by molar-refractivity contribution is 7.99. The Kier molecular flexibility index (Phi) is 6.55.